The number of nitrogens with one attached hydrogen (secondary N) is 4. The first kappa shape index (κ1) is 26.7. The SMILES string of the molecule is Cc1ccc(S(=O)(=O)N[C@@H](CCC(=O)NC(C)(C)C)C(=O)NC2(c3nc4c(F)cccc4[nH]3)CC2)cc1. The van der Waals surface area contributed by atoms with Crippen LogP contribution in [-0.4, -0.2) is 41.8 Å². The molecule has 2 amide bonds. The van der Waals surface area contributed by atoms with Crippen molar-refractivity contribution in [3.8, 4) is 0 Å². The summed E-state index contributed by atoms with van der Waals surface area (Å²) >= 11 is 0. The van der Waals surface area contributed by atoms with Crippen molar-refractivity contribution in [2.45, 2.75) is 75.4 Å². The Bertz CT molecular complexity index is 1420. The molecule has 1 heterocycles. The number of aryl methyl sites for hydroxylation is 1. The van der Waals surface area contributed by atoms with Crippen molar-refractivity contribution in [3.63, 3.8) is 0 Å². The lowest BCUT2D eigenvalue weighted by atomic mass is 10.1. The van der Waals surface area contributed by atoms with Crippen LogP contribution in [0.5, 0.6) is 0 Å². The van der Waals surface area contributed by atoms with Gasteiger partial charge in [-0.3, -0.25) is 9.59 Å². The minimum absolute atomic E-state index is 0.0175. The third-order valence-corrected chi connectivity index (χ3v) is 7.64. The molecule has 1 aliphatic rings. The summed E-state index contributed by atoms with van der Waals surface area (Å²) in [5, 5.41) is 5.73. The summed E-state index contributed by atoms with van der Waals surface area (Å²) in [7, 11) is -4.05. The van der Waals surface area contributed by atoms with Crippen LogP contribution in [0.3, 0.4) is 0 Å². The maximum Gasteiger partial charge on any atom is 0.241 e. The van der Waals surface area contributed by atoms with Crippen molar-refractivity contribution in [2.75, 3.05) is 0 Å². The molecular weight excluding hydrogens is 497 g/mol. The van der Waals surface area contributed by atoms with Crippen LogP contribution in [0.4, 0.5) is 4.39 Å². The van der Waals surface area contributed by atoms with Crippen LogP contribution in [0.15, 0.2) is 47.4 Å². The topological polar surface area (TPSA) is 133 Å². The van der Waals surface area contributed by atoms with E-state index in [0.29, 0.717) is 24.2 Å². The zero-order chi connectivity index (χ0) is 27.0. The third kappa shape index (κ3) is 6.34. The number of nitrogens with zero attached hydrogens (tertiary/aromatic N) is 1. The minimum Gasteiger partial charge on any atom is -0.352 e. The van der Waals surface area contributed by atoms with E-state index in [4.69, 9.17) is 0 Å². The van der Waals surface area contributed by atoms with Gasteiger partial charge in [0.05, 0.1) is 16.0 Å². The first-order valence-corrected chi connectivity index (χ1v) is 13.6. The normalized spacial score (nSPS) is 15.8. The molecule has 11 heteroatoms. The average Bonchev–Trinajstić information content (AvgIpc) is 3.43. The second kappa shape index (κ2) is 9.86. The molecule has 1 aromatic heterocycles. The maximum absolute atomic E-state index is 14.2. The van der Waals surface area contributed by atoms with Crippen molar-refractivity contribution in [3.05, 3.63) is 59.7 Å². The quantitative estimate of drug-likeness (QED) is 0.338. The molecular formula is C26H32FN5O4S. The van der Waals surface area contributed by atoms with Gasteiger partial charge in [0.15, 0.2) is 5.82 Å². The predicted molar refractivity (Wildman–Crippen MR) is 138 cm³/mol. The van der Waals surface area contributed by atoms with Crippen LogP contribution in [-0.2, 0) is 25.2 Å². The number of benzene rings is 2. The van der Waals surface area contributed by atoms with E-state index in [2.05, 4.69) is 25.3 Å². The van der Waals surface area contributed by atoms with E-state index in [-0.39, 0.29) is 29.2 Å². The number of fused-ring (bicyclic) bond motifs is 1. The van der Waals surface area contributed by atoms with Gasteiger partial charge in [-0.2, -0.15) is 4.72 Å². The Kier molecular flexibility index (Phi) is 7.13. The summed E-state index contributed by atoms with van der Waals surface area (Å²) in [6, 6.07) is 9.62. The molecule has 9 nitrogen and oxygen atoms in total. The fourth-order valence-electron chi connectivity index (χ4n) is 4.07. The molecule has 2 aromatic carbocycles. The van der Waals surface area contributed by atoms with E-state index in [1.165, 1.54) is 18.2 Å². The number of aromatic nitrogens is 2. The number of amides is 2. The molecule has 1 aliphatic carbocycles. The van der Waals surface area contributed by atoms with Gasteiger partial charge < -0.3 is 15.6 Å². The first-order valence-electron chi connectivity index (χ1n) is 12.1. The lowest BCUT2D eigenvalue weighted by Gasteiger charge is -2.24. The first-order chi connectivity index (χ1) is 17.3. The van der Waals surface area contributed by atoms with Crippen LogP contribution < -0.4 is 15.4 Å². The summed E-state index contributed by atoms with van der Waals surface area (Å²) in [6.07, 6.45) is 1.00. The number of aromatic amines is 1. The molecule has 198 valence electrons. The fourth-order valence-corrected chi connectivity index (χ4v) is 5.30. The number of hydrogen-bond acceptors (Lipinski definition) is 5. The summed E-state index contributed by atoms with van der Waals surface area (Å²) in [6.45, 7) is 7.35. The van der Waals surface area contributed by atoms with Gasteiger partial charge in [0.1, 0.15) is 17.4 Å². The zero-order valence-corrected chi connectivity index (χ0v) is 22.1. The molecule has 1 saturated carbocycles. The number of halogens is 1. The van der Waals surface area contributed by atoms with Crippen molar-refractivity contribution in [1.82, 2.24) is 25.3 Å². The molecule has 4 rings (SSSR count). The zero-order valence-electron chi connectivity index (χ0n) is 21.3. The summed E-state index contributed by atoms with van der Waals surface area (Å²) in [4.78, 5) is 33.3. The van der Waals surface area contributed by atoms with Gasteiger partial charge in [-0.1, -0.05) is 23.8 Å². The molecule has 4 N–H and O–H groups in total. The Morgan fingerprint density at radius 3 is 2.41 bits per heavy atom. The molecule has 1 atom stereocenters. The largest absolute Gasteiger partial charge is 0.352 e. The van der Waals surface area contributed by atoms with Crippen LogP contribution >= 0.6 is 0 Å². The number of carbonyl (C=O) groups is 2. The van der Waals surface area contributed by atoms with E-state index >= 15 is 0 Å². The predicted octanol–water partition coefficient (Wildman–Crippen LogP) is 3.16. The lowest BCUT2D eigenvalue weighted by Crippen LogP contribution is -2.50. The van der Waals surface area contributed by atoms with Gasteiger partial charge in [-0.25, -0.2) is 17.8 Å². The minimum atomic E-state index is -4.05. The van der Waals surface area contributed by atoms with Gasteiger partial charge in [0, 0.05) is 12.0 Å². The Balaban J connectivity index is 1.55. The maximum atomic E-state index is 14.2. The molecule has 0 aliphatic heterocycles. The number of hydrogen-bond donors (Lipinski definition) is 4. The average molecular weight is 530 g/mol. The summed E-state index contributed by atoms with van der Waals surface area (Å²) < 4.78 is 42.8. The summed E-state index contributed by atoms with van der Waals surface area (Å²) in [5.74, 6) is -0.950. The number of carbonyl (C=O) groups excluding carboxylic acids is 2. The van der Waals surface area contributed by atoms with E-state index in [9.17, 15) is 22.4 Å². The highest BCUT2D eigenvalue weighted by atomic mass is 32.2. The number of para-hydroxylation sites is 1. The van der Waals surface area contributed by atoms with Crippen molar-refractivity contribution in [1.29, 1.82) is 0 Å². The molecule has 37 heavy (non-hydrogen) atoms. The fraction of sp³-hybridized carbons (Fsp3) is 0.423. The third-order valence-electron chi connectivity index (χ3n) is 6.15. The van der Waals surface area contributed by atoms with E-state index in [1.807, 2.05) is 27.7 Å². The standard InChI is InChI=1S/C26H32FN5O4S/c1-16-8-10-17(11-9-16)37(35,36)32-20(12-13-21(33)30-25(2,3)4)23(34)31-26(14-15-26)24-28-19-7-5-6-18(27)22(19)29-24/h5-11,20,32H,12-15H2,1-4H3,(H,28,29)(H,30,33)(H,31,34)/t20-/m0/s1. The smallest absolute Gasteiger partial charge is 0.241 e. The van der Waals surface area contributed by atoms with Gasteiger partial charge in [0.2, 0.25) is 21.8 Å². The van der Waals surface area contributed by atoms with E-state index in [1.54, 1.807) is 24.3 Å². The van der Waals surface area contributed by atoms with E-state index < -0.39 is 38.9 Å². The Hall–Kier alpha value is -3.31. The highest BCUT2D eigenvalue weighted by Gasteiger charge is 2.49. The van der Waals surface area contributed by atoms with Crippen LogP contribution in [0.25, 0.3) is 11.0 Å². The highest BCUT2D eigenvalue weighted by molar-refractivity contribution is 7.89. The van der Waals surface area contributed by atoms with Crippen LogP contribution in [0.1, 0.15) is 57.8 Å². The number of H-pyrrole nitrogens is 1. The van der Waals surface area contributed by atoms with Gasteiger partial charge >= 0.3 is 0 Å². The van der Waals surface area contributed by atoms with Crippen molar-refractivity contribution >= 4 is 32.9 Å². The molecule has 0 bridgehead atoms. The molecule has 0 unspecified atom stereocenters. The second-order valence-corrected chi connectivity index (χ2v) is 12.3. The van der Waals surface area contributed by atoms with Crippen molar-refractivity contribution in [2.24, 2.45) is 0 Å². The molecule has 0 saturated heterocycles. The number of imidazole rings is 1. The molecule has 1 fully saturated rings. The van der Waals surface area contributed by atoms with Gasteiger partial charge in [0.25, 0.3) is 0 Å². The van der Waals surface area contributed by atoms with Crippen molar-refractivity contribution < 1.29 is 22.4 Å². The Morgan fingerprint density at radius 2 is 1.81 bits per heavy atom. The molecule has 0 spiro atoms. The molecule has 0 radical (unpaired) electrons. The Labute approximate surface area is 215 Å². The Morgan fingerprint density at radius 1 is 1.14 bits per heavy atom. The summed E-state index contributed by atoms with van der Waals surface area (Å²) in [5.41, 5.74) is 0.249. The number of rotatable bonds is 9. The monoisotopic (exact) mass is 529 g/mol. The van der Waals surface area contributed by atoms with Crippen LogP contribution in [0.2, 0.25) is 0 Å². The van der Waals surface area contributed by atoms with Gasteiger partial charge in [-0.05, 0) is 71.2 Å². The molecule has 3 aromatic rings. The van der Waals surface area contributed by atoms with E-state index in [0.717, 1.165) is 5.56 Å². The lowest BCUT2D eigenvalue weighted by molar-refractivity contribution is -0.125. The van der Waals surface area contributed by atoms with Crippen LogP contribution in [0, 0.1) is 12.7 Å². The number of sulfonamides is 1. The second-order valence-electron chi connectivity index (χ2n) is 10.6. The highest BCUT2D eigenvalue weighted by Crippen LogP contribution is 2.44. The van der Waals surface area contributed by atoms with Gasteiger partial charge in [-0.15, -0.1) is 0 Å².